The lowest BCUT2D eigenvalue weighted by molar-refractivity contribution is 0.631. The maximum absolute atomic E-state index is 13.7. The summed E-state index contributed by atoms with van der Waals surface area (Å²) in [6.45, 7) is 2.88. The second kappa shape index (κ2) is 10.0. The molecule has 2 nitrogen and oxygen atoms in total. The highest BCUT2D eigenvalue weighted by Gasteiger charge is 2.04. The van der Waals surface area contributed by atoms with Gasteiger partial charge in [-0.1, -0.05) is 45.8 Å². The van der Waals surface area contributed by atoms with Gasteiger partial charge in [0.1, 0.15) is 5.82 Å². The number of aryl methyl sites for hydroxylation is 1. The van der Waals surface area contributed by atoms with Crippen molar-refractivity contribution < 1.29 is 4.39 Å². The molecule has 0 aromatic heterocycles. The van der Waals surface area contributed by atoms with Gasteiger partial charge < -0.3 is 10.6 Å². The topological polar surface area (TPSA) is 24.1 Å². The predicted octanol–water partition coefficient (Wildman–Crippen LogP) is 5.51. The van der Waals surface area contributed by atoms with E-state index in [1.54, 1.807) is 12.1 Å². The van der Waals surface area contributed by atoms with Gasteiger partial charge in [0.25, 0.3) is 0 Å². The summed E-state index contributed by atoms with van der Waals surface area (Å²) in [4.78, 5) is 0. The van der Waals surface area contributed by atoms with E-state index in [1.165, 1.54) is 17.2 Å². The monoisotopic (exact) mass is 426 g/mol. The molecule has 0 unspecified atom stereocenters. The van der Waals surface area contributed by atoms with Crippen LogP contribution in [-0.4, -0.2) is 17.4 Å². The van der Waals surface area contributed by atoms with Gasteiger partial charge in [-0.3, -0.25) is 0 Å². The van der Waals surface area contributed by atoms with Crippen LogP contribution in [0.2, 0.25) is 0 Å². The minimum absolute atomic E-state index is 0.331. The molecule has 0 saturated heterocycles. The molecule has 0 bridgehead atoms. The van der Waals surface area contributed by atoms with Crippen molar-refractivity contribution in [2.45, 2.75) is 19.1 Å². The molecule has 0 heterocycles. The third kappa shape index (κ3) is 6.79. The van der Waals surface area contributed by atoms with Crippen LogP contribution in [0.4, 0.5) is 10.1 Å². The number of anilines is 1. The first kappa shape index (κ1) is 19.2. The number of halogens is 2. The number of rotatable bonds is 7. The first-order valence-electron chi connectivity index (χ1n) is 7.68. The zero-order chi connectivity index (χ0) is 17.4. The molecular weight excluding hydrogens is 407 g/mol. The maximum atomic E-state index is 13.7. The fourth-order valence-corrected chi connectivity index (χ4v) is 3.58. The van der Waals surface area contributed by atoms with E-state index in [0.717, 1.165) is 24.5 Å². The molecule has 2 rings (SSSR count). The smallest absolute Gasteiger partial charge is 0.170 e. The molecule has 2 N–H and O–H groups in total. The number of benzene rings is 2. The summed E-state index contributed by atoms with van der Waals surface area (Å²) in [6.07, 6.45) is 1.00. The number of hydrogen-bond donors (Lipinski definition) is 2. The highest BCUT2D eigenvalue weighted by atomic mass is 79.9. The second-order valence-electron chi connectivity index (χ2n) is 5.40. The van der Waals surface area contributed by atoms with Gasteiger partial charge in [-0.25, -0.2) is 4.39 Å². The van der Waals surface area contributed by atoms with Crippen molar-refractivity contribution in [3.8, 4) is 0 Å². The van der Waals surface area contributed by atoms with E-state index in [4.69, 9.17) is 12.2 Å². The Kier molecular flexibility index (Phi) is 8.02. The zero-order valence-corrected chi connectivity index (χ0v) is 16.7. The van der Waals surface area contributed by atoms with Crippen LogP contribution in [0.25, 0.3) is 0 Å². The third-order valence-corrected chi connectivity index (χ3v) is 5.14. The lowest BCUT2D eigenvalue weighted by Crippen LogP contribution is -2.29. The van der Waals surface area contributed by atoms with Crippen molar-refractivity contribution in [3.05, 3.63) is 63.9 Å². The van der Waals surface area contributed by atoms with Gasteiger partial charge in [0.15, 0.2) is 5.11 Å². The van der Waals surface area contributed by atoms with Crippen LogP contribution in [0, 0.1) is 12.7 Å². The molecule has 24 heavy (non-hydrogen) atoms. The predicted molar refractivity (Wildman–Crippen MR) is 110 cm³/mol. The van der Waals surface area contributed by atoms with Crippen LogP contribution < -0.4 is 10.6 Å². The molecule has 6 heteroatoms. The fraction of sp³-hybridized carbons (Fsp3) is 0.278. The van der Waals surface area contributed by atoms with E-state index in [0.29, 0.717) is 15.3 Å². The van der Waals surface area contributed by atoms with E-state index >= 15 is 0 Å². The lowest BCUT2D eigenvalue weighted by Gasteiger charge is -2.11. The highest BCUT2D eigenvalue weighted by Crippen LogP contribution is 2.19. The van der Waals surface area contributed by atoms with E-state index in [1.807, 2.05) is 11.8 Å². The number of thioether (sulfide) groups is 1. The van der Waals surface area contributed by atoms with Crippen molar-refractivity contribution in [2.24, 2.45) is 0 Å². The summed E-state index contributed by atoms with van der Waals surface area (Å²) in [5.41, 5.74) is 3.03. The van der Waals surface area contributed by atoms with Crippen LogP contribution in [0.15, 0.2) is 46.9 Å². The molecule has 0 aliphatic heterocycles. The summed E-state index contributed by atoms with van der Waals surface area (Å²) in [6, 6.07) is 13.4. The zero-order valence-electron chi connectivity index (χ0n) is 13.4. The Morgan fingerprint density at radius 3 is 2.83 bits per heavy atom. The number of nitrogens with one attached hydrogen (secondary N) is 2. The number of thiocarbonyl (C=S) groups is 1. The van der Waals surface area contributed by atoms with Crippen LogP contribution in [-0.2, 0) is 5.75 Å². The quantitative estimate of drug-likeness (QED) is 0.450. The summed E-state index contributed by atoms with van der Waals surface area (Å²) in [7, 11) is 0. The molecule has 0 spiro atoms. The largest absolute Gasteiger partial charge is 0.362 e. The summed E-state index contributed by atoms with van der Waals surface area (Å²) in [5.74, 6) is 1.74. The molecule has 0 aliphatic rings. The van der Waals surface area contributed by atoms with E-state index in [-0.39, 0.29) is 5.82 Å². The van der Waals surface area contributed by atoms with E-state index in [2.05, 4.69) is 57.8 Å². The van der Waals surface area contributed by atoms with Crippen LogP contribution in [0.3, 0.4) is 0 Å². The maximum Gasteiger partial charge on any atom is 0.170 e. The van der Waals surface area contributed by atoms with Gasteiger partial charge in [-0.2, -0.15) is 11.8 Å². The van der Waals surface area contributed by atoms with Crippen LogP contribution in [0.5, 0.6) is 0 Å². The average molecular weight is 427 g/mol. The first-order valence-corrected chi connectivity index (χ1v) is 10.0. The minimum atomic E-state index is -0.331. The van der Waals surface area contributed by atoms with E-state index < -0.39 is 0 Å². The minimum Gasteiger partial charge on any atom is -0.362 e. The average Bonchev–Trinajstić information content (AvgIpc) is 2.53. The van der Waals surface area contributed by atoms with Gasteiger partial charge >= 0.3 is 0 Å². The van der Waals surface area contributed by atoms with Gasteiger partial charge in [0, 0.05) is 16.8 Å². The van der Waals surface area contributed by atoms with E-state index in [9.17, 15) is 4.39 Å². The first-order chi connectivity index (χ1) is 11.5. The molecular formula is C18H20BrFN2S2. The summed E-state index contributed by atoms with van der Waals surface area (Å²) < 4.78 is 14.4. The van der Waals surface area contributed by atoms with Crippen LogP contribution >= 0.6 is 39.9 Å². The number of hydrogen-bond acceptors (Lipinski definition) is 2. The third-order valence-electron chi connectivity index (χ3n) is 3.28. The second-order valence-corrected chi connectivity index (χ2v) is 7.83. The SMILES string of the molecule is Cc1cccc(CSCCCNC(=S)Nc2ccc(Br)cc2F)c1. The molecule has 128 valence electrons. The van der Waals surface area contributed by atoms with Crippen molar-refractivity contribution in [3.63, 3.8) is 0 Å². The molecule has 0 radical (unpaired) electrons. The van der Waals surface area contributed by atoms with Crippen molar-refractivity contribution >= 4 is 50.7 Å². The Morgan fingerprint density at radius 1 is 1.25 bits per heavy atom. The molecule has 0 amide bonds. The van der Waals surface area contributed by atoms with Crippen molar-refractivity contribution in [2.75, 3.05) is 17.6 Å². The molecule has 0 aliphatic carbocycles. The normalized spacial score (nSPS) is 10.5. The van der Waals surface area contributed by atoms with Crippen LogP contribution in [0.1, 0.15) is 17.5 Å². The Bertz CT molecular complexity index is 694. The Morgan fingerprint density at radius 2 is 2.08 bits per heavy atom. The Labute approximate surface area is 160 Å². The molecule has 0 saturated carbocycles. The standard InChI is InChI=1S/C18H20BrFN2S2/c1-13-4-2-5-14(10-13)12-24-9-3-8-21-18(23)22-17-7-6-15(19)11-16(17)20/h2,4-7,10-11H,3,8-9,12H2,1H3,(H2,21,22,23). The Balaban J connectivity index is 1.61. The summed E-state index contributed by atoms with van der Waals surface area (Å²) in [5, 5.41) is 6.43. The molecule has 2 aromatic rings. The van der Waals surface area contributed by atoms with Gasteiger partial charge in [0.2, 0.25) is 0 Å². The van der Waals surface area contributed by atoms with Crippen molar-refractivity contribution in [1.29, 1.82) is 0 Å². The lowest BCUT2D eigenvalue weighted by atomic mass is 10.2. The molecule has 0 atom stereocenters. The molecule has 0 fully saturated rings. The highest BCUT2D eigenvalue weighted by molar-refractivity contribution is 9.10. The van der Waals surface area contributed by atoms with Crippen molar-refractivity contribution in [1.82, 2.24) is 5.32 Å². The molecule has 2 aromatic carbocycles. The summed E-state index contributed by atoms with van der Waals surface area (Å²) >= 11 is 10.3. The Hall–Kier alpha value is -1.11. The fourth-order valence-electron chi connectivity index (χ4n) is 2.13. The van der Waals surface area contributed by atoms with Gasteiger partial charge in [0.05, 0.1) is 5.69 Å². The van der Waals surface area contributed by atoms with Gasteiger partial charge in [-0.15, -0.1) is 0 Å². The van der Waals surface area contributed by atoms with Gasteiger partial charge in [-0.05, 0) is 55.1 Å².